The van der Waals surface area contributed by atoms with Crippen molar-refractivity contribution in [2.75, 3.05) is 26.5 Å². The number of aromatic nitrogens is 3. The number of thioether (sulfide) groups is 1. The number of benzene rings is 2. The lowest BCUT2D eigenvalue weighted by Gasteiger charge is -2.19. The summed E-state index contributed by atoms with van der Waals surface area (Å²) in [4.78, 5) is 13.7. The number of amides is 1. The van der Waals surface area contributed by atoms with Gasteiger partial charge in [-0.25, -0.2) is 0 Å². The smallest absolute Gasteiger partial charge is 0.232 e. The molecule has 164 valence electrons. The standard InChI is InChI=1S/C24H30N4O2S/c1-7-30-20-14-12-19(13-15-20)28-22(17-8-10-18(11-9-17)24(2,3)4)25-26-23(28)31-16-21(29)27(5)6/h8-15H,7,16H2,1-6H3. The Bertz CT molecular complexity index is 1020. The molecule has 0 saturated carbocycles. The van der Waals surface area contributed by atoms with Crippen LogP contribution in [0, 0.1) is 0 Å². The third-order valence-corrected chi connectivity index (χ3v) is 5.79. The van der Waals surface area contributed by atoms with Gasteiger partial charge in [-0.1, -0.05) is 56.8 Å². The lowest BCUT2D eigenvalue weighted by Crippen LogP contribution is -2.23. The van der Waals surface area contributed by atoms with E-state index in [1.807, 2.05) is 35.8 Å². The molecule has 0 radical (unpaired) electrons. The highest BCUT2D eigenvalue weighted by Crippen LogP contribution is 2.30. The number of rotatable bonds is 7. The van der Waals surface area contributed by atoms with Crippen molar-refractivity contribution in [3.05, 3.63) is 54.1 Å². The zero-order valence-electron chi connectivity index (χ0n) is 19.0. The van der Waals surface area contributed by atoms with Crippen LogP contribution in [0.5, 0.6) is 5.75 Å². The minimum atomic E-state index is 0.0299. The zero-order chi connectivity index (χ0) is 22.6. The van der Waals surface area contributed by atoms with E-state index in [9.17, 15) is 4.79 Å². The first-order valence-electron chi connectivity index (χ1n) is 10.3. The van der Waals surface area contributed by atoms with Gasteiger partial charge in [0.2, 0.25) is 5.91 Å². The van der Waals surface area contributed by atoms with Crippen LogP contribution in [0.1, 0.15) is 33.3 Å². The van der Waals surface area contributed by atoms with Crippen molar-refractivity contribution in [2.24, 2.45) is 0 Å². The summed E-state index contributed by atoms with van der Waals surface area (Å²) in [6, 6.07) is 16.3. The number of hydrogen-bond donors (Lipinski definition) is 0. The maximum absolute atomic E-state index is 12.1. The van der Waals surface area contributed by atoms with Crippen molar-refractivity contribution in [3.63, 3.8) is 0 Å². The second-order valence-electron chi connectivity index (χ2n) is 8.47. The number of carbonyl (C=O) groups excluding carboxylic acids is 1. The molecule has 0 bridgehead atoms. The Hall–Kier alpha value is -2.80. The maximum Gasteiger partial charge on any atom is 0.232 e. The average molecular weight is 439 g/mol. The van der Waals surface area contributed by atoms with E-state index in [0.717, 1.165) is 22.8 Å². The Balaban J connectivity index is 2.01. The summed E-state index contributed by atoms with van der Waals surface area (Å²) in [7, 11) is 3.50. The number of hydrogen-bond acceptors (Lipinski definition) is 5. The minimum absolute atomic E-state index is 0.0299. The largest absolute Gasteiger partial charge is 0.494 e. The number of carbonyl (C=O) groups is 1. The van der Waals surface area contributed by atoms with Gasteiger partial charge in [0.15, 0.2) is 11.0 Å². The maximum atomic E-state index is 12.1. The molecule has 0 fully saturated rings. The molecule has 3 rings (SSSR count). The van der Waals surface area contributed by atoms with Gasteiger partial charge in [0.25, 0.3) is 0 Å². The molecule has 1 amide bonds. The Labute approximate surface area is 188 Å². The topological polar surface area (TPSA) is 60.2 Å². The third-order valence-electron chi connectivity index (χ3n) is 4.87. The van der Waals surface area contributed by atoms with Crippen molar-refractivity contribution < 1.29 is 9.53 Å². The van der Waals surface area contributed by atoms with Gasteiger partial charge in [0.1, 0.15) is 5.75 Å². The molecule has 1 heterocycles. The van der Waals surface area contributed by atoms with E-state index < -0.39 is 0 Å². The lowest BCUT2D eigenvalue weighted by molar-refractivity contribution is -0.125. The zero-order valence-corrected chi connectivity index (χ0v) is 19.9. The molecule has 0 atom stereocenters. The third kappa shape index (κ3) is 5.47. The SMILES string of the molecule is CCOc1ccc(-n2c(SCC(=O)N(C)C)nnc2-c2ccc(C(C)(C)C)cc2)cc1. The van der Waals surface area contributed by atoms with Gasteiger partial charge in [0, 0.05) is 25.3 Å². The Morgan fingerprint density at radius 1 is 1.03 bits per heavy atom. The summed E-state index contributed by atoms with van der Waals surface area (Å²) >= 11 is 1.38. The molecule has 6 nitrogen and oxygen atoms in total. The van der Waals surface area contributed by atoms with Gasteiger partial charge in [-0.15, -0.1) is 10.2 Å². The first-order chi connectivity index (χ1) is 14.7. The van der Waals surface area contributed by atoms with Crippen LogP contribution in [0.3, 0.4) is 0 Å². The van der Waals surface area contributed by atoms with E-state index in [0.29, 0.717) is 17.5 Å². The molecule has 0 saturated heterocycles. The molecule has 3 aromatic rings. The van der Waals surface area contributed by atoms with E-state index in [-0.39, 0.29) is 11.3 Å². The van der Waals surface area contributed by atoms with Crippen LogP contribution in [0.4, 0.5) is 0 Å². The Morgan fingerprint density at radius 3 is 2.23 bits per heavy atom. The highest BCUT2D eigenvalue weighted by atomic mass is 32.2. The van der Waals surface area contributed by atoms with Gasteiger partial charge in [-0.3, -0.25) is 9.36 Å². The van der Waals surface area contributed by atoms with Gasteiger partial charge in [-0.05, 0) is 42.2 Å². The van der Waals surface area contributed by atoms with Crippen LogP contribution in [0.25, 0.3) is 17.1 Å². The first kappa shape index (κ1) is 22.9. The molecule has 0 spiro atoms. The van der Waals surface area contributed by atoms with Crippen molar-refractivity contribution in [3.8, 4) is 22.8 Å². The molecule has 2 aromatic carbocycles. The predicted molar refractivity (Wildman–Crippen MR) is 126 cm³/mol. The van der Waals surface area contributed by atoms with Gasteiger partial charge >= 0.3 is 0 Å². The summed E-state index contributed by atoms with van der Waals surface area (Å²) in [6.45, 7) is 9.16. The van der Waals surface area contributed by atoms with Crippen LogP contribution < -0.4 is 4.74 Å². The molecule has 0 unspecified atom stereocenters. The summed E-state index contributed by atoms with van der Waals surface area (Å²) < 4.78 is 7.57. The second kappa shape index (κ2) is 9.56. The van der Waals surface area contributed by atoms with Crippen molar-refractivity contribution in [1.82, 2.24) is 19.7 Å². The van der Waals surface area contributed by atoms with E-state index >= 15 is 0 Å². The van der Waals surface area contributed by atoms with Crippen LogP contribution in [0.2, 0.25) is 0 Å². The van der Waals surface area contributed by atoms with Crippen molar-refractivity contribution in [1.29, 1.82) is 0 Å². The molecule has 0 aliphatic heterocycles. The molecule has 0 aliphatic rings. The summed E-state index contributed by atoms with van der Waals surface area (Å²) in [5.41, 5.74) is 3.23. The van der Waals surface area contributed by atoms with E-state index in [1.54, 1.807) is 19.0 Å². The Morgan fingerprint density at radius 2 is 1.68 bits per heavy atom. The first-order valence-corrected chi connectivity index (χ1v) is 11.3. The molecule has 0 aliphatic carbocycles. The normalized spacial score (nSPS) is 11.4. The summed E-state index contributed by atoms with van der Waals surface area (Å²) in [5.74, 6) is 1.88. The lowest BCUT2D eigenvalue weighted by atomic mass is 9.87. The summed E-state index contributed by atoms with van der Waals surface area (Å²) in [6.07, 6.45) is 0. The molecule has 1 aromatic heterocycles. The van der Waals surface area contributed by atoms with E-state index in [1.165, 1.54) is 17.3 Å². The number of nitrogens with zero attached hydrogens (tertiary/aromatic N) is 4. The molecular formula is C24H30N4O2S. The van der Waals surface area contributed by atoms with Crippen LogP contribution >= 0.6 is 11.8 Å². The average Bonchev–Trinajstić information content (AvgIpc) is 3.16. The minimum Gasteiger partial charge on any atom is -0.494 e. The number of ether oxygens (including phenoxy) is 1. The molecular weight excluding hydrogens is 408 g/mol. The monoisotopic (exact) mass is 438 g/mol. The highest BCUT2D eigenvalue weighted by Gasteiger charge is 2.19. The van der Waals surface area contributed by atoms with Gasteiger partial charge < -0.3 is 9.64 Å². The Kier molecular flexibility index (Phi) is 7.05. The molecule has 31 heavy (non-hydrogen) atoms. The summed E-state index contributed by atoms with van der Waals surface area (Å²) in [5, 5.41) is 9.55. The molecule has 7 heteroatoms. The molecule has 0 N–H and O–H groups in total. The quantitative estimate of drug-likeness (QED) is 0.496. The fourth-order valence-corrected chi connectivity index (χ4v) is 3.95. The highest BCUT2D eigenvalue weighted by molar-refractivity contribution is 7.99. The van der Waals surface area contributed by atoms with Gasteiger partial charge in [-0.2, -0.15) is 0 Å². The van der Waals surface area contributed by atoms with Crippen LogP contribution in [-0.2, 0) is 10.2 Å². The van der Waals surface area contributed by atoms with Crippen LogP contribution in [0.15, 0.2) is 53.7 Å². The van der Waals surface area contributed by atoms with Crippen LogP contribution in [-0.4, -0.2) is 52.0 Å². The van der Waals surface area contributed by atoms with Crippen molar-refractivity contribution in [2.45, 2.75) is 38.3 Å². The van der Waals surface area contributed by atoms with Gasteiger partial charge in [0.05, 0.1) is 12.4 Å². The van der Waals surface area contributed by atoms with Crippen molar-refractivity contribution >= 4 is 17.7 Å². The van der Waals surface area contributed by atoms with E-state index in [2.05, 4.69) is 55.2 Å². The second-order valence-corrected chi connectivity index (χ2v) is 9.42. The predicted octanol–water partition coefficient (Wildman–Crippen LogP) is 4.81. The fraction of sp³-hybridized carbons (Fsp3) is 0.375. The fourth-order valence-electron chi connectivity index (χ4n) is 3.02. The van der Waals surface area contributed by atoms with E-state index in [4.69, 9.17) is 4.74 Å².